The smallest absolute Gasteiger partial charge is 0.184 e. The van der Waals surface area contributed by atoms with Gasteiger partial charge in [-0.25, -0.2) is 4.52 Å². The summed E-state index contributed by atoms with van der Waals surface area (Å²) >= 11 is 0. The van der Waals surface area contributed by atoms with E-state index < -0.39 is 0 Å². The van der Waals surface area contributed by atoms with Crippen LogP contribution in [0.1, 0.15) is 38.2 Å². The lowest BCUT2D eigenvalue weighted by Crippen LogP contribution is -2.31. The summed E-state index contributed by atoms with van der Waals surface area (Å²) in [4.78, 5) is 0. The highest BCUT2D eigenvalue weighted by Gasteiger charge is 2.23. The molecule has 2 aromatic heterocycles. The maximum absolute atomic E-state index is 9.34. The molecule has 1 aliphatic carbocycles. The molecular weight excluding hydrogens is 282 g/mol. The molecule has 3 rings (SSSR count). The lowest BCUT2D eigenvalue weighted by molar-refractivity contribution is 0.0259. The second kappa shape index (κ2) is 5.83. The Kier molecular flexibility index (Phi) is 3.88. The van der Waals surface area contributed by atoms with Crippen molar-refractivity contribution in [2.75, 3.05) is 10.5 Å². The van der Waals surface area contributed by atoms with Crippen LogP contribution in [0.2, 0.25) is 0 Å². The normalized spacial score (nSPS) is 21.5. The van der Waals surface area contributed by atoms with Gasteiger partial charge in [-0.15, -0.1) is 5.23 Å². The van der Waals surface area contributed by atoms with Crippen LogP contribution >= 0.6 is 0 Å². The number of rotatable bonds is 3. The third-order valence-electron chi connectivity index (χ3n) is 4.43. The van der Waals surface area contributed by atoms with Crippen molar-refractivity contribution in [1.29, 1.82) is 5.26 Å². The van der Waals surface area contributed by atoms with E-state index in [0.29, 0.717) is 28.7 Å². The lowest BCUT2D eigenvalue weighted by Gasteiger charge is -2.30. The fourth-order valence-electron chi connectivity index (χ4n) is 3.15. The Bertz CT molecular complexity index is 719. The molecule has 0 bridgehead atoms. The minimum atomic E-state index is 0.0268. The van der Waals surface area contributed by atoms with Gasteiger partial charge in [-0.05, 0) is 30.9 Å². The lowest BCUT2D eigenvalue weighted by atomic mass is 9.85. The minimum Gasteiger partial charge on any atom is -0.379 e. The van der Waals surface area contributed by atoms with Crippen molar-refractivity contribution in [1.82, 2.24) is 9.61 Å². The van der Waals surface area contributed by atoms with Crippen molar-refractivity contribution < 1.29 is 10.4 Å². The predicted molar refractivity (Wildman–Crippen MR) is 81.0 cm³/mol. The summed E-state index contributed by atoms with van der Waals surface area (Å²) in [5, 5.41) is 35.4. The summed E-state index contributed by atoms with van der Waals surface area (Å²) in [6.45, 7) is 2.22. The monoisotopic (exact) mass is 301 g/mol. The van der Waals surface area contributed by atoms with Gasteiger partial charge in [0.25, 0.3) is 0 Å². The Balaban J connectivity index is 2.04. The topological polar surface area (TPSA) is 96.8 Å². The Morgan fingerprint density at radius 3 is 2.82 bits per heavy atom. The Morgan fingerprint density at radius 1 is 1.36 bits per heavy atom. The first-order valence-corrected chi connectivity index (χ1v) is 7.47. The first-order chi connectivity index (χ1) is 10.6. The summed E-state index contributed by atoms with van der Waals surface area (Å²) in [5.41, 5.74) is 1.81. The van der Waals surface area contributed by atoms with Gasteiger partial charge in [0, 0.05) is 6.04 Å². The number of nitrogens with zero attached hydrogens (tertiary/aromatic N) is 4. The van der Waals surface area contributed by atoms with Gasteiger partial charge in [-0.3, -0.25) is 10.4 Å². The molecule has 1 aliphatic rings. The molecule has 0 spiro atoms. The molecular formula is C15H19N5O2. The molecule has 7 heteroatoms. The van der Waals surface area contributed by atoms with Gasteiger partial charge in [-0.1, -0.05) is 19.8 Å². The standard InChI is InChI=1S/C15H19N5O2/c1-10-4-2-3-5-12(10)18-15-11(8-16)9-17-19-13(15)6-7-14(19)20(21)22/h6-7,9-10,12,18,21-22H,2-5H2,1H3/t10-,12+/m1/s1. The molecule has 22 heavy (non-hydrogen) atoms. The first-order valence-electron chi connectivity index (χ1n) is 7.47. The van der Waals surface area contributed by atoms with Crippen LogP contribution in [0, 0.1) is 17.2 Å². The SMILES string of the molecule is C[C@@H]1CCCC[C@@H]1Nc1c(C#N)cnn2c(N(O)O)ccc12. The second-order valence-electron chi connectivity index (χ2n) is 5.84. The number of hydrogen-bond acceptors (Lipinski definition) is 6. The zero-order chi connectivity index (χ0) is 15.7. The van der Waals surface area contributed by atoms with Gasteiger partial charge in [0.2, 0.25) is 0 Å². The van der Waals surface area contributed by atoms with Crippen molar-refractivity contribution in [3.05, 3.63) is 23.9 Å². The van der Waals surface area contributed by atoms with Crippen molar-refractivity contribution in [3.63, 3.8) is 0 Å². The van der Waals surface area contributed by atoms with E-state index >= 15 is 0 Å². The Labute approximate surface area is 128 Å². The molecule has 116 valence electrons. The summed E-state index contributed by atoms with van der Waals surface area (Å²) in [7, 11) is 0. The second-order valence-corrected chi connectivity index (χ2v) is 5.84. The van der Waals surface area contributed by atoms with E-state index in [4.69, 9.17) is 0 Å². The average molecular weight is 301 g/mol. The van der Waals surface area contributed by atoms with Crippen molar-refractivity contribution in [2.24, 2.45) is 5.92 Å². The Morgan fingerprint density at radius 2 is 2.14 bits per heavy atom. The van der Waals surface area contributed by atoms with E-state index in [1.54, 1.807) is 12.1 Å². The molecule has 2 atom stereocenters. The van der Waals surface area contributed by atoms with Crippen molar-refractivity contribution >= 4 is 17.0 Å². The van der Waals surface area contributed by atoms with Crippen LogP contribution in [0.5, 0.6) is 0 Å². The van der Waals surface area contributed by atoms with Gasteiger partial charge >= 0.3 is 0 Å². The fraction of sp³-hybridized carbons (Fsp3) is 0.467. The molecule has 0 amide bonds. The van der Waals surface area contributed by atoms with Crippen LogP contribution in [0.4, 0.5) is 11.5 Å². The Hall–Kier alpha value is -2.30. The van der Waals surface area contributed by atoms with Crippen LogP contribution in [-0.2, 0) is 0 Å². The molecule has 2 aromatic rings. The van der Waals surface area contributed by atoms with Gasteiger partial charge in [0.15, 0.2) is 5.82 Å². The molecule has 2 heterocycles. The van der Waals surface area contributed by atoms with E-state index in [9.17, 15) is 15.7 Å². The summed E-state index contributed by atoms with van der Waals surface area (Å²) in [6, 6.07) is 5.72. The van der Waals surface area contributed by atoms with Crippen LogP contribution in [0.25, 0.3) is 5.52 Å². The maximum atomic E-state index is 9.34. The molecule has 1 saturated carbocycles. The largest absolute Gasteiger partial charge is 0.379 e. The third-order valence-corrected chi connectivity index (χ3v) is 4.43. The van der Waals surface area contributed by atoms with E-state index in [2.05, 4.69) is 23.4 Å². The number of fused-ring (bicyclic) bond motifs is 1. The van der Waals surface area contributed by atoms with Crippen LogP contribution in [-0.4, -0.2) is 26.1 Å². The number of nitriles is 1. The summed E-state index contributed by atoms with van der Waals surface area (Å²) in [6.07, 6.45) is 6.11. The number of aromatic nitrogens is 2. The molecule has 1 fully saturated rings. The number of nitrogens with one attached hydrogen (secondary N) is 1. The van der Waals surface area contributed by atoms with E-state index in [0.717, 1.165) is 6.42 Å². The third kappa shape index (κ3) is 2.47. The molecule has 0 aromatic carbocycles. The molecule has 3 N–H and O–H groups in total. The van der Waals surface area contributed by atoms with Gasteiger partial charge < -0.3 is 5.32 Å². The molecule has 0 saturated heterocycles. The molecule has 0 aliphatic heterocycles. The number of hydrogen-bond donors (Lipinski definition) is 3. The predicted octanol–water partition coefficient (Wildman–Crippen LogP) is 2.78. The van der Waals surface area contributed by atoms with Gasteiger partial charge in [0.05, 0.1) is 23.0 Å². The average Bonchev–Trinajstić information content (AvgIpc) is 2.94. The van der Waals surface area contributed by atoms with E-state index in [1.165, 1.54) is 30.0 Å². The highest BCUT2D eigenvalue weighted by molar-refractivity contribution is 5.79. The quantitative estimate of drug-likeness (QED) is 0.754. The fourth-order valence-corrected chi connectivity index (χ4v) is 3.15. The van der Waals surface area contributed by atoms with E-state index in [1.807, 2.05) is 0 Å². The van der Waals surface area contributed by atoms with Crippen molar-refractivity contribution in [3.8, 4) is 6.07 Å². The molecule has 0 unspecified atom stereocenters. The van der Waals surface area contributed by atoms with Crippen LogP contribution in [0.3, 0.4) is 0 Å². The minimum absolute atomic E-state index is 0.0268. The zero-order valence-electron chi connectivity index (χ0n) is 12.4. The summed E-state index contributed by atoms with van der Waals surface area (Å²) < 4.78 is 1.40. The zero-order valence-corrected chi connectivity index (χ0v) is 12.4. The van der Waals surface area contributed by atoms with Crippen LogP contribution < -0.4 is 10.5 Å². The number of anilines is 2. The first kappa shape index (κ1) is 14.6. The summed E-state index contributed by atoms with van der Waals surface area (Å²) in [5.74, 6) is 0.661. The highest BCUT2D eigenvalue weighted by Crippen LogP contribution is 2.31. The molecule has 0 radical (unpaired) electrons. The highest BCUT2D eigenvalue weighted by atomic mass is 16.8. The maximum Gasteiger partial charge on any atom is 0.184 e. The van der Waals surface area contributed by atoms with Crippen molar-refractivity contribution in [2.45, 2.75) is 38.6 Å². The van der Waals surface area contributed by atoms with E-state index in [-0.39, 0.29) is 11.0 Å². The molecule has 7 nitrogen and oxygen atoms in total. The van der Waals surface area contributed by atoms with Gasteiger partial charge in [0.1, 0.15) is 6.07 Å². The van der Waals surface area contributed by atoms with Crippen LogP contribution in [0.15, 0.2) is 18.3 Å². The van der Waals surface area contributed by atoms with Gasteiger partial charge in [-0.2, -0.15) is 10.4 Å².